The third kappa shape index (κ3) is 5.06. The number of nitrogens with one attached hydrogen (secondary N) is 2. The molecule has 0 heterocycles. The van der Waals surface area contributed by atoms with E-state index in [0.29, 0.717) is 12.1 Å². The number of urea groups is 1. The summed E-state index contributed by atoms with van der Waals surface area (Å²) < 4.78 is 0. The monoisotopic (exact) mass is 331 g/mol. The Labute approximate surface area is 144 Å². The summed E-state index contributed by atoms with van der Waals surface area (Å²) in [5.41, 5.74) is 2.84. The summed E-state index contributed by atoms with van der Waals surface area (Å²) in [5.74, 6) is -0.252. The van der Waals surface area contributed by atoms with Crippen LogP contribution in [-0.4, -0.2) is 35.5 Å². The molecule has 24 heavy (non-hydrogen) atoms. The number of anilines is 1. The molecule has 0 spiro atoms. The molecule has 1 saturated carbocycles. The van der Waals surface area contributed by atoms with Crippen molar-refractivity contribution in [1.29, 1.82) is 0 Å². The zero-order valence-electron chi connectivity index (χ0n) is 15.2. The molecule has 2 rings (SSSR count). The van der Waals surface area contributed by atoms with Gasteiger partial charge >= 0.3 is 6.03 Å². The van der Waals surface area contributed by atoms with Crippen molar-refractivity contribution in [3.8, 4) is 0 Å². The van der Waals surface area contributed by atoms with Crippen LogP contribution < -0.4 is 10.6 Å². The number of aryl methyl sites for hydroxylation is 2. The first-order valence-corrected chi connectivity index (χ1v) is 8.80. The highest BCUT2D eigenvalue weighted by atomic mass is 16.2. The van der Waals surface area contributed by atoms with Crippen molar-refractivity contribution in [3.63, 3.8) is 0 Å². The number of benzene rings is 1. The second-order valence-corrected chi connectivity index (χ2v) is 7.03. The van der Waals surface area contributed by atoms with Gasteiger partial charge in [0.1, 0.15) is 0 Å². The smallest absolute Gasteiger partial charge is 0.307 e. The molecule has 0 aromatic heterocycles. The predicted octanol–water partition coefficient (Wildman–Crippen LogP) is 3.60. The Morgan fingerprint density at radius 2 is 1.88 bits per heavy atom. The average molecular weight is 331 g/mol. The standard InChI is InChI=1S/C19H29N3O2/c1-13(2)22(16-7-5-6-8-16)12-18(23)21-19(24)20-17-10-9-14(3)11-15(17)4/h9-11,13,16H,5-8,12H2,1-4H3,(H2,20,21,23,24). The van der Waals surface area contributed by atoms with Gasteiger partial charge in [0, 0.05) is 17.8 Å². The van der Waals surface area contributed by atoms with Crippen LogP contribution in [0.1, 0.15) is 50.7 Å². The SMILES string of the molecule is Cc1ccc(NC(=O)NC(=O)CN(C(C)C)C2CCCC2)c(C)c1. The number of amides is 3. The lowest BCUT2D eigenvalue weighted by molar-refractivity contribution is -0.122. The summed E-state index contributed by atoms with van der Waals surface area (Å²) in [7, 11) is 0. The first-order chi connectivity index (χ1) is 11.4. The van der Waals surface area contributed by atoms with Gasteiger partial charge in [-0.15, -0.1) is 0 Å². The third-order valence-electron chi connectivity index (χ3n) is 4.67. The minimum atomic E-state index is -0.470. The summed E-state index contributed by atoms with van der Waals surface area (Å²) in [6.45, 7) is 8.40. The molecular weight excluding hydrogens is 302 g/mol. The molecule has 0 aliphatic heterocycles. The molecule has 5 nitrogen and oxygen atoms in total. The van der Waals surface area contributed by atoms with Crippen molar-refractivity contribution in [2.45, 2.75) is 65.5 Å². The number of carbonyl (C=O) groups is 2. The normalized spacial score (nSPS) is 15.1. The van der Waals surface area contributed by atoms with E-state index in [1.807, 2.05) is 32.0 Å². The minimum Gasteiger partial charge on any atom is -0.307 e. The van der Waals surface area contributed by atoms with Gasteiger partial charge in [0.25, 0.3) is 0 Å². The summed E-state index contributed by atoms with van der Waals surface area (Å²) in [4.78, 5) is 26.5. The van der Waals surface area contributed by atoms with E-state index in [1.165, 1.54) is 12.8 Å². The molecule has 2 N–H and O–H groups in total. The van der Waals surface area contributed by atoms with Crippen molar-refractivity contribution >= 4 is 17.6 Å². The number of hydrogen-bond donors (Lipinski definition) is 2. The molecule has 0 saturated heterocycles. The second-order valence-electron chi connectivity index (χ2n) is 7.03. The maximum Gasteiger partial charge on any atom is 0.325 e. The molecule has 1 aromatic carbocycles. The lowest BCUT2D eigenvalue weighted by atomic mass is 10.1. The molecule has 0 bridgehead atoms. The average Bonchev–Trinajstić information content (AvgIpc) is 3.01. The van der Waals surface area contributed by atoms with E-state index in [9.17, 15) is 9.59 Å². The molecule has 132 valence electrons. The van der Waals surface area contributed by atoms with Gasteiger partial charge < -0.3 is 5.32 Å². The lowest BCUT2D eigenvalue weighted by Gasteiger charge is -2.31. The molecule has 1 aliphatic rings. The van der Waals surface area contributed by atoms with E-state index in [1.54, 1.807) is 0 Å². The zero-order chi connectivity index (χ0) is 17.7. The number of rotatable bonds is 5. The van der Waals surface area contributed by atoms with Crippen LogP contribution in [-0.2, 0) is 4.79 Å². The Kier molecular flexibility index (Phi) is 6.37. The zero-order valence-corrected chi connectivity index (χ0v) is 15.2. The summed E-state index contributed by atoms with van der Waals surface area (Å²) in [5, 5.41) is 5.20. The van der Waals surface area contributed by atoms with Gasteiger partial charge in [0.05, 0.1) is 6.54 Å². The Bertz CT molecular complexity index is 592. The van der Waals surface area contributed by atoms with E-state index in [-0.39, 0.29) is 12.5 Å². The lowest BCUT2D eigenvalue weighted by Crippen LogP contribution is -2.47. The van der Waals surface area contributed by atoms with Crippen molar-refractivity contribution in [3.05, 3.63) is 29.3 Å². The van der Waals surface area contributed by atoms with Gasteiger partial charge in [0.15, 0.2) is 0 Å². The highest BCUT2D eigenvalue weighted by Gasteiger charge is 2.26. The molecule has 3 amide bonds. The molecule has 0 unspecified atom stereocenters. The van der Waals surface area contributed by atoms with E-state index >= 15 is 0 Å². The van der Waals surface area contributed by atoms with Gasteiger partial charge in [-0.05, 0) is 52.2 Å². The van der Waals surface area contributed by atoms with Crippen LogP contribution in [0.4, 0.5) is 10.5 Å². The van der Waals surface area contributed by atoms with E-state index in [0.717, 1.165) is 29.7 Å². The van der Waals surface area contributed by atoms with Gasteiger partial charge in [-0.25, -0.2) is 4.79 Å². The van der Waals surface area contributed by atoms with Crippen LogP contribution in [0.25, 0.3) is 0 Å². The number of hydrogen-bond acceptors (Lipinski definition) is 3. The predicted molar refractivity (Wildman–Crippen MR) is 97.2 cm³/mol. The van der Waals surface area contributed by atoms with Crippen LogP contribution in [0.3, 0.4) is 0 Å². The van der Waals surface area contributed by atoms with Gasteiger partial charge in [-0.2, -0.15) is 0 Å². The largest absolute Gasteiger partial charge is 0.325 e. The molecule has 5 heteroatoms. The Morgan fingerprint density at radius 3 is 2.46 bits per heavy atom. The number of imide groups is 1. The van der Waals surface area contributed by atoms with Gasteiger partial charge in [-0.1, -0.05) is 30.5 Å². The highest BCUT2D eigenvalue weighted by Crippen LogP contribution is 2.24. The molecule has 1 aromatic rings. The fraction of sp³-hybridized carbons (Fsp3) is 0.579. The summed E-state index contributed by atoms with van der Waals surface area (Å²) >= 11 is 0. The molecule has 1 fully saturated rings. The molecule has 0 atom stereocenters. The van der Waals surface area contributed by atoms with Gasteiger partial charge in [0.2, 0.25) is 5.91 Å². The van der Waals surface area contributed by atoms with Gasteiger partial charge in [-0.3, -0.25) is 15.0 Å². The van der Waals surface area contributed by atoms with E-state index < -0.39 is 6.03 Å². The van der Waals surface area contributed by atoms with E-state index in [4.69, 9.17) is 0 Å². The van der Waals surface area contributed by atoms with Crippen molar-refractivity contribution < 1.29 is 9.59 Å². The Morgan fingerprint density at radius 1 is 1.21 bits per heavy atom. The first-order valence-electron chi connectivity index (χ1n) is 8.80. The van der Waals surface area contributed by atoms with Crippen LogP contribution in [0, 0.1) is 13.8 Å². The maximum atomic E-state index is 12.2. The molecular formula is C19H29N3O2. The fourth-order valence-electron chi connectivity index (χ4n) is 3.41. The van der Waals surface area contributed by atoms with E-state index in [2.05, 4.69) is 29.4 Å². The molecule has 1 aliphatic carbocycles. The topological polar surface area (TPSA) is 61.4 Å². The summed E-state index contributed by atoms with van der Waals surface area (Å²) in [6.07, 6.45) is 4.73. The number of nitrogens with zero attached hydrogens (tertiary/aromatic N) is 1. The van der Waals surface area contributed by atoms with Crippen molar-refractivity contribution in [2.24, 2.45) is 0 Å². The third-order valence-corrected chi connectivity index (χ3v) is 4.67. The van der Waals surface area contributed by atoms with Crippen molar-refractivity contribution in [1.82, 2.24) is 10.2 Å². The fourth-order valence-corrected chi connectivity index (χ4v) is 3.41. The van der Waals surface area contributed by atoms with Crippen LogP contribution in [0.5, 0.6) is 0 Å². The van der Waals surface area contributed by atoms with Crippen LogP contribution in [0.15, 0.2) is 18.2 Å². The maximum absolute atomic E-state index is 12.2. The van der Waals surface area contributed by atoms with Crippen LogP contribution >= 0.6 is 0 Å². The quantitative estimate of drug-likeness (QED) is 0.866. The minimum absolute atomic E-state index is 0.252. The first kappa shape index (κ1) is 18.5. The molecule has 0 radical (unpaired) electrons. The Hall–Kier alpha value is -1.88. The highest BCUT2D eigenvalue weighted by molar-refractivity contribution is 6.02. The number of carbonyl (C=O) groups excluding carboxylic acids is 2. The Balaban J connectivity index is 1.89. The van der Waals surface area contributed by atoms with Crippen LogP contribution in [0.2, 0.25) is 0 Å². The second kappa shape index (κ2) is 8.29. The van der Waals surface area contributed by atoms with Crippen molar-refractivity contribution in [2.75, 3.05) is 11.9 Å². The summed E-state index contributed by atoms with van der Waals surface area (Å²) in [6, 6.07) is 6.07.